The zero-order chi connectivity index (χ0) is 15.2. The highest BCUT2D eigenvalue weighted by molar-refractivity contribution is 5.94. The fourth-order valence-corrected chi connectivity index (χ4v) is 3.08. The van der Waals surface area contributed by atoms with Crippen molar-refractivity contribution >= 4 is 11.6 Å². The molecular weight excluding hydrogens is 264 g/mol. The smallest absolute Gasteiger partial charge is 0.282 e. The van der Waals surface area contributed by atoms with Gasteiger partial charge in [-0.3, -0.25) is 4.79 Å². The van der Waals surface area contributed by atoms with E-state index in [1.165, 1.54) is 25.7 Å². The van der Waals surface area contributed by atoms with E-state index in [0.717, 1.165) is 5.69 Å². The van der Waals surface area contributed by atoms with Crippen LogP contribution in [-0.2, 0) is 4.79 Å². The number of anilines is 1. The summed E-state index contributed by atoms with van der Waals surface area (Å²) in [4.78, 5) is 12.4. The van der Waals surface area contributed by atoms with Crippen LogP contribution in [0.15, 0.2) is 24.3 Å². The molecule has 4 heteroatoms. The number of amides is 1. The first-order valence-electron chi connectivity index (χ1n) is 7.90. The SMILES string of the molecule is COc1ccccc1NC(=O)[C@H](C)[NH2+][C@@H]1CCCC[C@H]1C. The van der Waals surface area contributed by atoms with Gasteiger partial charge in [-0.1, -0.05) is 25.5 Å². The molecule has 0 aromatic heterocycles. The van der Waals surface area contributed by atoms with Crippen molar-refractivity contribution in [1.82, 2.24) is 0 Å². The molecule has 0 aliphatic heterocycles. The van der Waals surface area contributed by atoms with Crippen LogP contribution in [0.3, 0.4) is 0 Å². The number of benzene rings is 1. The van der Waals surface area contributed by atoms with Crippen molar-refractivity contribution in [3.05, 3.63) is 24.3 Å². The summed E-state index contributed by atoms with van der Waals surface area (Å²) in [5.74, 6) is 1.43. The molecule has 2 rings (SSSR count). The second-order valence-electron chi connectivity index (χ2n) is 6.10. The lowest BCUT2D eigenvalue weighted by atomic mass is 9.85. The van der Waals surface area contributed by atoms with Gasteiger partial charge in [0.05, 0.1) is 18.8 Å². The number of rotatable bonds is 5. The summed E-state index contributed by atoms with van der Waals surface area (Å²) in [7, 11) is 1.62. The fraction of sp³-hybridized carbons (Fsp3) is 0.588. The Balaban J connectivity index is 1.93. The molecule has 116 valence electrons. The largest absolute Gasteiger partial charge is 0.495 e. The Morgan fingerprint density at radius 3 is 2.76 bits per heavy atom. The van der Waals surface area contributed by atoms with Crippen LogP contribution in [0.2, 0.25) is 0 Å². The van der Waals surface area contributed by atoms with E-state index in [0.29, 0.717) is 17.7 Å². The summed E-state index contributed by atoms with van der Waals surface area (Å²) in [6.45, 7) is 4.28. The number of para-hydroxylation sites is 2. The lowest BCUT2D eigenvalue weighted by Gasteiger charge is -2.28. The first kappa shape index (κ1) is 15.8. The van der Waals surface area contributed by atoms with Gasteiger partial charge in [-0.15, -0.1) is 0 Å². The minimum atomic E-state index is -0.0829. The lowest BCUT2D eigenvalue weighted by Crippen LogP contribution is -2.97. The summed E-state index contributed by atoms with van der Waals surface area (Å²) in [5.41, 5.74) is 0.738. The van der Waals surface area contributed by atoms with E-state index in [9.17, 15) is 4.79 Å². The average Bonchev–Trinajstić information content (AvgIpc) is 2.50. The molecular formula is C17H27N2O2+. The number of nitrogens with two attached hydrogens (primary N) is 1. The molecule has 0 heterocycles. The monoisotopic (exact) mass is 291 g/mol. The zero-order valence-electron chi connectivity index (χ0n) is 13.3. The molecule has 1 aliphatic carbocycles. The third-order valence-electron chi connectivity index (χ3n) is 4.49. The number of quaternary nitrogens is 1. The van der Waals surface area contributed by atoms with E-state index in [2.05, 4.69) is 17.6 Å². The predicted octanol–water partition coefficient (Wildman–Crippen LogP) is 2.16. The van der Waals surface area contributed by atoms with E-state index in [4.69, 9.17) is 4.74 Å². The lowest BCUT2D eigenvalue weighted by molar-refractivity contribution is -0.714. The standard InChI is InChI=1S/C17H26N2O2/c1-12-8-4-5-9-14(12)18-13(2)17(20)19-15-10-6-7-11-16(15)21-3/h6-7,10-14,18H,4-5,8-9H2,1-3H3,(H,19,20)/p+1/t12-,13+,14-/m1/s1. The quantitative estimate of drug-likeness (QED) is 0.873. The molecule has 3 N–H and O–H groups in total. The second kappa shape index (κ2) is 7.46. The van der Waals surface area contributed by atoms with Crippen molar-refractivity contribution in [2.75, 3.05) is 12.4 Å². The van der Waals surface area contributed by atoms with Gasteiger partial charge in [0, 0.05) is 5.92 Å². The maximum atomic E-state index is 12.4. The molecule has 1 fully saturated rings. The van der Waals surface area contributed by atoms with E-state index < -0.39 is 0 Å². The molecule has 1 saturated carbocycles. The number of methoxy groups -OCH3 is 1. The molecule has 0 saturated heterocycles. The van der Waals surface area contributed by atoms with Crippen LogP contribution >= 0.6 is 0 Å². The first-order chi connectivity index (χ1) is 10.1. The molecule has 1 aromatic carbocycles. The molecule has 3 atom stereocenters. The Hall–Kier alpha value is -1.55. The van der Waals surface area contributed by atoms with Crippen molar-refractivity contribution in [1.29, 1.82) is 0 Å². The molecule has 0 spiro atoms. The molecule has 0 bridgehead atoms. The van der Waals surface area contributed by atoms with E-state index >= 15 is 0 Å². The maximum absolute atomic E-state index is 12.4. The summed E-state index contributed by atoms with van der Waals surface area (Å²) in [6.07, 6.45) is 5.11. The van der Waals surface area contributed by atoms with Gasteiger partial charge < -0.3 is 15.4 Å². The summed E-state index contributed by atoms with van der Waals surface area (Å²) in [5, 5.41) is 5.20. The predicted molar refractivity (Wildman–Crippen MR) is 84.4 cm³/mol. The Labute approximate surface area is 127 Å². The maximum Gasteiger partial charge on any atom is 0.282 e. The number of hydrogen-bond acceptors (Lipinski definition) is 2. The van der Waals surface area contributed by atoms with Gasteiger partial charge in [0.25, 0.3) is 5.91 Å². The van der Waals surface area contributed by atoms with Gasteiger partial charge in [0.2, 0.25) is 0 Å². The van der Waals surface area contributed by atoms with Crippen molar-refractivity contribution < 1.29 is 14.8 Å². The topological polar surface area (TPSA) is 54.9 Å². The van der Waals surface area contributed by atoms with E-state index in [1.54, 1.807) is 7.11 Å². The molecule has 4 nitrogen and oxygen atoms in total. The minimum absolute atomic E-state index is 0.0391. The Kier molecular flexibility index (Phi) is 5.62. The van der Waals surface area contributed by atoms with Crippen LogP contribution in [0.1, 0.15) is 39.5 Å². The Bertz CT molecular complexity index is 476. The van der Waals surface area contributed by atoms with Crippen LogP contribution in [0, 0.1) is 5.92 Å². The van der Waals surface area contributed by atoms with Crippen molar-refractivity contribution in [2.45, 2.75) is 51.6 Å². The Morgan fingerprint density at radius 1 is 1.33 bits per heavy atom. The number of carbonyl (C=O) groups excluding carboxylic acids is 1. The van der Waals surface area contributed by atoms with Gasteiger partial charge in [0.1, 0.15) is 5.75 Å². The fourth-order valence-electron chi connectivity index (χ4n) is 3.08. The highest BCUT2D eigenvalue weighted by atomic mass is 16.5. The third kappa shape index (κ3) is 4.21. The number of hydrogen-bond donors (Lipinski definition) is 2. The van der Waals surface area contributed by atoms with Gasteiger partial charge in [-0.05, 0) is 38.3 Å². The number of ether oxygens (including phenoxy) is 1. The van der Waals surface area contributed by atoms with Gasteiger partial charge in [0.15, 0.2) is 6.04 Å². The van der Waals surface area contributed by atoms with Crippen molar-refractivity contribution in [3.8, 4) is 5.75 Å². The highest BCUT2D eigenvalue weighted by Gasteiger charge is 2.28. The van der Waals surface area contributed by atoms with Gasteiger partial charge in [-0.25, -0.2) is 0 Å². The Morgan fingerprint density at radius 2 is 2.05 bits per heavy atom. The van der Waals surface area contributed by atoms with Crippen LogP contribution in [0.5, 0.6) is 5.75 Å². The molecule has 0 radical (unpaired) electrons. The number of carbonyl (C=O) groups is 1. The molecule has 1 aliphatic rings. The van der Waals surface area contributed by atoms with Crippen LogP contribution in [0.25, 0.3) is 0 Å². The van der Waals surface area contributed by atoms with Gasteiger partial charge >= 0.3 is 0 Å². The molecule has 21 heavy (non-hydrogen) atoms. The van der Waals surface area contributed by atoms with E-state index in [1.807, 2.05) is 31.2 Å². The minimum Gasteiger partial charge on any atom is -0.495 e. The number of nitrogens with one attached hydrogen (secondary N) is 1. The van der Waals surface area contributed by atoms with Crippen LogP contribution in [0.4, 0.5) is 5.69 Å². The second-order valence-corrected chi connectivity index (χ2v) is 6.10. The van der Waals surface area contributed by atoms with Crippen LogP contribution in [-0.4, -0.2) is 25.1 Å². The van der Waals surface area contributed by atoms with E-state index in [-0.39, 0.29) is 11.9 Å². The molecule has 0 unspecified atom stereocenters. The van der Waals surface area contributed by atoms with Crippen LogP contribution < -0.4 is 15.4 Å². The summed E-state index contributed by atoms with van der Waals surface area (Å²) >= 11 is 0. The normalized spacial score (nSPS) is 23.4. The first-order valence-corrected chi connectivity index (χ1v) is 7.90. The summed E-state index contributed by atoms with van der Waals surface area (Å²) < 4.78 is 5.27. The van der Waals surface area contributed by atoms with Crippen molar-refractivity contribution in [2.24, 2.45) is 5.92 Å². The average molecular weight is 291 g/mol. The van der Waals surface area contributed by atoms with Crippen molar-refractivity contribution in [3.63, 3.8) is 0 Å². The third-order valence-corrected chi connectivity index (χ3v) is 4.49. The summed E-state index contributed by atoms with van der Waals surface area (Å²) in [6, 6.07) is 8.00. The highest BCUT2D eigenvalue weighted by Crippen LogP contribution is 2.23. The van der Waals surface area contributed by atoms with Gasteiger partial charge in [-0.2, -0.15) is 0 Å². The zero-order valence-corrected chi connectivity index (χ0v) is 13.3. The molecule has 1 amide bonds. The molecule has 1 aromatic rings.